The molecule has 1 N–H and O–H groups in total. The lowest BCUT2D eigenvalue weighted by Gasteiger charge is -2.08. The zero-order valence-corrected chi connectivity index (χ0v) is 12.5. The van der Waals surface area contributed by atoms with Crippen molar-refractivity contribution in [1.29, 1.82) is 0 Å². The second kappa shape index (κ2) is 4.71. The Kier molecular flexibility index (Phi) is 3.20. The van der Waals surface area contributed by atoms with Crippen molar-refractivity contribution in [3.05, 3.63) is 34.4 Å². The van der Waals surface area contributed by atoms with E-state index in [9.17, 15) is 0 Å². The van der Waals surface area contributed by atoms with Crippen molar-refractivity contribution < 1.29 is 0 Å². The van der Waals surface area contributed by atoms with Crippen LogP contribution in [-0.4, -0.2) is 10.6 Å². The summed E-state index contributed by atoms with van der Waals surface area (Å²) in [6.45, 7) is 5.44. The van der Waals surface area contributed by atoms with Crippen molar-refractivity contribution in [2.45, 2.75) is 45.3 Å². The molecule has 0 radical (unpaired) electrons. The standard InChI is InChI=1S/C15H19BrN2/c1-10(2)18-9-11(8-17-12-6-7-12)15-13(16)4-3-5-14(15)18/h3-5,9-10,12,17H,6-8H2,1-2H3. The van der Waals surface area contributed by atoms with Crippen LogP contribution in [0.2, 0.25) is 0 Å². The molecule has 1 aromatic carbocycles. The van der Waals surface area contributed by atoms with Gasteiger partial charge >= 0.3 is 0 Å². The van der Waals surface area contributed by atoms with Gasteiger partial charge < -0.3 is 9.88 Å². The molecular formula is C15H19BrN2. The van der Waals surface area contributed by atoms with Crippen molar-refractivity contribution in [1.82, 2.24) is 9.88 Å². The normalized spacial score (nSPS) is 15.8. The van der Waals surface area contributed by atoms with Gasteiger partial charge in [0.05, 0.1) is 0 Å². The average Bonchev–Trinajstić information content (AvgIpc) is 3.07. The minimum Gasteiger partial charge on any atom is -0.345 e. The minimum atomic E-state index is 0.497. The summed E-state index contributed by atoms with van der Waals surface area (Å²) in [7, 11) is 0. The summed E-state index contributed by atoms with van der Waals surface area (Å²) in [6.07, 6.45) is 4.98. The van der Waals surface area contributed by atoms with Crippen LogP contribution >= 0.6 is 15.9 Å². The number of benzene rings is 1. The Balaban J connectivity index is 2.05. The zero-order chi connectivity index (χ0) is 12.7. The predicted molar refractivity (Wildman–Crippen MR) is 79.9 cm³/mol. The summed E-state index contributed by atoms with van der Waals surface area (Å²) in [5.74, 6) is 0. The second-order valence-corrected chi connectivity index (χ2v) is 6.30. The highest BCUT2D eigenvalue weighted by Crippen LogP contribution is 2.31. The lowest BCUT2D eigenvalue weighted by molar-refractivity contribution is 0.616. The fourth-order valence-corrected chi connectivity index (χ4v) is 3.06. The number of nitrogens with zero attached hydrogens (tertiary/aromatic N) is 1. The Bertz CT molecular complexity index is 567. The smallest absolute Gasteiger partial charge is 0.0497 e. The van der Waals surface area contributed by atoms with Gasteiger partial charge in [-0.1, -0.05) is 22.0 Å². The van der Waals surface area contributed by atoms with Crippen molar-refractivity contribution in [3.8, 4) is 0 Å². The SMILES string of the molecule is CC(C)n1cc(CNC2CC2)c2c(Br)cccc21. The van der Waals surface area contributed by atoms with Crippen LogP contribution in [-0.2, 0) is 6.54 Å². The fraction of sp³-hybridized carbons (Fsp3) is 0.467. The highest BCUT2D eigenvalue weighted by atomic mass is 79.9. The maximum atomic E-state index is 3.69. The van der Waals surface area contributed by atoms with Gasteiger partial charge in [0.1, 0.15) is 0 Å². The van der Waals surface area contributed by atoms with Crippen LogP contribution in [0.25, 0.3) is 10.9 Å². The zero-order valence-electron chi connectivity index (χ0n) is 10.9. The van der Waals surface area contributed by atoms with E-state index in [-0.39, 0.29) is 0 Å². The summed E-state index contributed by atoms with van der Waals surface area (Å²) in [6, 6.07) is 7.71. The third kappa shape index (κ3) is 2.21. The van der Waals surface area contributed by atoms with Crippen molar-refractivity contribution in [2.75, 3.05) is 0 Å². The number of hydrogen-bond donors (Lipinski definition) is 1. The Morgan fingerprint density at radius 1 is 1.39 bits per heavy atom. The molecule has 2 nitrogen and oxygen atoms in total. The van der Waals surface area contributed by atoms with E-state index in [1.807, 2.05) is 0 Å². The van der Waals surface area contributed by atoms with E-state index in [2.05, 4.69) is 64.1 Å². The molecular weight excluding hydrogens is 288 g/mol. The average molecular weight is 307 g/mol. The Morgan fingerprint density at radius 2 is 2.17 bits per heavy atom. The topological polar surface area (TPSA) is 17.0 Å². The summed E-state index contributed by atoms with van der Waals surface area (Å²) in [5.41, 5.74) is 2.73. The van der Waals surface area contributed by atoms with Crippen molar-refractivity contribution in [2.24, 2.45) is 0 Å². The van der Waals surface area contributed by atoms with Gasteiger partial charge in [0.25, 0.3) is 0 Å². The first-order chi connectivity index (χ1) is 8.66. The Labute approximate surface area is 116 Å². The molecule has 0 amide bonds. The molecule has 1 saturated carbocycles. The highest BCUT2D eigenvalue weighted by Gasteiger charge is 2.21. The van der Waals surface area contributed by atoms with E-state index in [0.717, 1.165) is 12.6 Å². The molecule has 2 aromatic rings. The molecule has 96 valence electrons. The van der Waals surface area contributed by atoms with Gasteiger partial charge in [0, 0.05) is 40.2 Å². The van der Waals surface area contributed by atoms with Gasteiger partial charge in [-0.15, -0.1) is 0 Å². The van der Waals surface area contributed by atoms with E-state index >= 15 is 0 Å². The van der Waals surface area contributed by atoms with Gasteiger partial charge in [0.2, 0.25) is 0 Å². The quantitative estimate of drug-likeness (QED) is 0.894. The van der Waals surface area contributed by atoms with Crippen LogP contribution in [0.4, 0.5) is 0 Å². The van der Waals surface area contributed by atoms with Crippen molar-refractivity contribution in [3.63, 3.8) is 0 Å². The fourth-order valence-electron chi connectivity index (χ4n) is 2.45. The highest BCUT2D eigenvalue weighted by molar-refractivity contribution is 9.10. The summed E-state index contributed by atoms with van der Waals surface area (Å²) in [4.78, 5) is 0. The molecule has 1 aliphatic carbocycles. The van der Waals surface area contributed by atoms with Crippen LogP contribution in [0.3, 0.4) is 0 Å². The van der Waals surface area contributed by atoms with Gasteiger partial charge in [0.15, 0.2) is 0 Å². The molecule has 0 bridgehead atoms. The van der Waals surface area contributed by atoms with E-state index < -0.39 is 0 Å². The monoisotopic (exact) mass is 306 g/mol. The second-order valence-electron chi connectivity index (χ2n) is 5.44. The number of fused-ring (bicyclic) bond motifs is 1. The number of rotatable bonds is 4. The third-order valence-electron chi connectivity index (χ3n) is 3.60. The minimum absolute atomic E-state index is 0.497. The van der Waals surface area contributed by atoms with Crippen LogP contribution in [0.1, 0.15) is 38.3 Å². The van der Waals surface area contributed by atoms with Crippen LogP contribution < -0.4 is 5.32 Å². The summed E-state index contributed by atoms with van der Waals surface area (Å²) in [5, 5.41) is 4.97. The van der Waals surface area contributed by atoms with E-state index in [4.69, 9.17) is 0 Å². The number of halogens is 1. The molecule has 18 heavy (non-hydrogen) atoms. The lowest BCUT2D eigenvalue weighted by atomic mass is 10.2. The molecule has 1 fully saturated rings. The van der Waals surface area contributed by atoms with Crippen molar-refractivity contribution >= 4 is 26.8 Å². The molecule has 0 spiro atoms. The molecule has 0 aliphatic heterocycles. The molecule has 0 unspecified atom stereocenters. The molecule has 1 aliphatic rings. The third-order valence-corrected chi connectivity index (χ3v) is 4.26. The maximum absolute atomic E-state index is 3.69. The first-order valence-corrected chi connectivity index (χ1v) is 7.47. The van der Waals surface area contributed by atoms with Crippen LogP contribution in [0.5, 0.6) is 0 Å². The molecule has 3 heteroatoms. The van der Waals surface area contributed by atoms with E-state index in [1.54, 1.807) is 0 Å². The Hall–Kier alpha value is -0.800. The predicted octanol–water partition coefficient (Wildman–Crippen LogP) is 4.24. The van der Waals surface area contributed by atoms with Gasteiger partial charge in [-0.3, -0.25) is 0 Å². The van der Waals surface area contributed by atoms with Gasteiger partial charge in [-0.25, -0.2) is 0 Å². The lowest BCUT2D eigenvalue weighted by Crippen LogP contribution is -2.15. The summed E-state index contributed by atoms with van der Waals surface area (Å²) >= 11 is 3.69. The van der Waals surface area contributed by atoms with Crippen LogP contribution in [0.15, 0.2) is 28.9 Å². The molecule has 0 atom stereocenters. The molecule has 3 rings (SSSR count). The Morgan fingerprint density at radius 3 is 2.83 bits per heavy atom. The number of nitrogens with one attached hydrogen (secondary N) is 1. The maximum Gasteiger partial charge on any atom is 0.0497 e. The largest absolute Gasteiger partial charge is 0.345 e. The van der Waals surface area contributed by atoms with Gasteiger partial charge in [-0.2, -0.15) is 0 Å². The molecule has 1 heterocycles. The molecule has 1 aromatic heterocycles. The van der Waals surface area contributed by atoms with E-state index in [0.29, 0.717) is 6.04 Å². The summed E-state index contributed by atoms with van der Waals surface area (Å²) < 4.78 is 3.57. The molecule has 0 saturated heterocycles. The first-order valence-electron chi connectivity index (χ1n) is 6.68. The van der Waals surface area contributed by atoms with E-state index in [1.165, 1.54) is 33.8 Å². The van der Waals surface area contributed by atoms with Crippen LogP contribution in [0, 0.1) is 0 Å². The number of aromatic nitrogens is 1. The van der Waals surface area contributed by atoms with Gasteiger partial charge in [-0.05, 0) is 44.4 Å². The first kappa shape index (κ1) is 12.2. The number of hydrogen-bond acceptors (Lipinski definition) is 1.